The van der Waals surface area contributed by atoms with Crippen molar-refractivity contribution in [3.05, 3.63) is 29.6 Å². The molecule has 0 unspecified atom stereocenters. The first kappa shape index (κ1) is 12.5. The van der Waals surface area contributed by atoms with Gasteiger partial charge >= 0.3 is 0 Å². The maximum absolute atomic E-state index is 13.7. The van der Waals surface area contributed by atoms with Gasteiger partial charge in [0.1, 0.15) is 10.7 Å². The minimum atomic E-state index is -3.75. The van der Waals surface area contributed by atoms with E-state index in [1.54, 1.807) is 0 Å². The third kappa shape index (κ3) is 2.34. The average Bonchev–Trinajstić information content (AvgIpc) is 3.11. The van der Waals surface area contributed by atoms with Crippen molar-refractivity contribution < 1.29 is 17.9 Å². The van der Waals surface area contributed by atoms with Crippen molar-refractivity contribution in [3.8, 4) is 0 Å². The Kier molecular flexibility index (Phi) is 3.20. The molecule has 0 amide bonds. The van der Waals surface area contributed by atoms with E-state index >= 15 is 0 Å². The highest BCUT2D eigenvalue weighted by Gasteiger charge is 2.36. The summed E-state index contributed by atoms with van der Waals surface area (Å²) in [6.07, 6.45) is 1.65. The summed E-state index contributed by atoms with van der Waals surface area (Å²) in [6, 6.07) is 3.66. The van der Waals surface area contributed by atoms with Crippen LogP contribution in [0.2, 0.25) is 0 Å². The second-order valence-electron chi connectivity index (χ2n) is 4.18. The van der Waals surface area contributed by atoms with E-state index in [0.717, 1.165) is 18.9 Å². The molecule has 6 heteroatoms. The molecule has 1 aliphatic rings. The first-order valence-electron chi connectivity index (χ1n) is 5.34. The summed E-state index contributed by atoms with van der Waals surface area (Å²) in [5, 5.41) is 8.84. The molecule has 1 aromatic rings. The molecule has 0 atom stereocenters. The molecule has 94 valence electrons. The van der Waals surface area contributed by atoms with Crippen molar-refractivity contribution in [1.29, 1.82) is 0 Å². The van der Waals surface area contributed by atoms with E-state index in [-0.39, 0.29) is 17.5 Å². The minimum Gasteiger partial charge on any atom is -0.392 e. The standard InChI is InChI=1S/C11H14FNO3S/c1-13(9-3-4-9)17(15,16)11-5-2-8(7-14)6-10(11)12/h2,5-6,9,14H,3-4,7H2,1H3. The number of rotatable bonds is 4. The Hall–Kier alpha value is -0.980. The predicted molar refractivity (Wildman–Crippen MR) is 60.3 cm³/mol. The number of aliphatic hydroxyl groups excluding tert-OH is 1. The zero-order chi connectivity index (χ0) is 12.6. The van der Waals surface area contributed by atoms with E-state index in [1.807, 2.05) is 0 Å². The first-order chi connectivity index (χ1) is 7.96. The Labute approximate surface area is 99.7 Å². The molecular formula is C11H14FNO3S. The Balaban J connectivity index is 2.39. The third-order valence-electron chi connectivity index (χ3n) is 2.90. The number of halogens is 1. The van der Waals surface area contributed by atoms with Gasteiger partial charge in [0.05, 0.1) is 6.61 Å². The van der Waals surface area contributed by atoms with Crippen molar-refractivity contribution in [1.82, 2.24) is 4.31 Å². The van der Waals surface area contributed by atoms with Crippen LogP contribution in [0.1, 0.15) is 18.4 Å². The molecule has 1 saturated carbocycles. The Morgan fingerprint density at radius 3 is 2.59 bits per heavy atom. The lowest BCUT2D eigenvalue weighted by Crippen LogP contribution is -2.29. The molecule has 0 aromatic heterocycles. The van der Waals surface area contributed by atoms with Crippen LogP contribution in [0.15, 0.2) is 23.1 Å². The summed E-state index contributed by atoms with van der Waals surface area (Å²) < 4.78 is 39.0. The number of hydrogen-bond acceptors (Lipinski definition) is 3. The monoisotopic (exact) mass is 259 g/mol. The highest BCUT2D eigenvalue weighted by molar-refractivity contribution is 7.89. The Bertz CT molecular complexity index is 526. The van der Waals surface area contributed by atoms with Crippen LogP contribution in [-0.4, -0.2) is 30.9 Å². The zero-order valence-corrected chi connectivity index (χ0v) is 10.2. The van der Waals surface area contributed by atoms with E-state index in [2.05, 4.69) is 0 Å². The SMILES string of the molecule is CN(C1CC1)S(=O)(=O)c1ccc(CO)cc1F. The fraction of sp³-hybridized carbons (Fsp3) is 0.455. The minimum absolute atomic E-state index is 0.00285. The van der Waals surface area contributed by atoms with Crippen LogP contribution < -0.4 is 0 Å². The van der Waals surface area contributed by atoms with Crippen LogP contribution in [-0.2, 0) is 16.6 Å². The van der Waals surface area contributed by atoms with Crippen LogP contribution in [0.3, 0.4) is 0 Å². The Morgan fingerprint density at radius 2 is 2.12 bits per heavy atom. The summed E-state index contributed by atoms with van der Waals surface area (Å²) >= 11 is 0. The molecular weight excluding hydrogens is 245 g/mol. The highest BCUT2D eigenvalue weighted by atomic mass is 32.2. The third-order valence-corrected chi connectivity index (χ3v) is 4.84. The number of sulfonamides is 1. The highest BCUT2D eigenvalue weighted by Crippen LogP contribution is 2.31. The van der Waals surface area contributed by atoms with Crippen LogP contribution in [0.4, 0.5) is 4.39 Å². The largest absolute Gasteiger partial charge is 0.392 e. The Morgan fingerprint density at radius 1 is 1.47 bits per heavy atom. The quantitative estimate of drug-likeness (QED) is 0.881. The van der Waals surface area contributed by atoms with Gasteiger partial charge < -0.3 is 5.11 Å². The van der Waals surface area contributed by atoms with E-state index < -0.39 is 15.8 Å². The van der Waals surface area contributed by atoms with Crippen molar-refractivity contribution in [3.63, 3.8) is 0 Å². The van der Waals surface area contributed by atoms with E-state index in [9.17, 15) is 12.8 Å². The lowest BCUT2D eigenvalue weighted by Gasteiger charge is -2.16. The molecule has 0 aliphatic heterocycles. The van der Waals surface area contributed by atoms with Gasteiger partial charge in [-0.1, -0.05) is 6.07 Å². The molecule has 0 spiro atoms. The van der Waals surface area contributed by atoms with Crippen LogP contribution in [0.25, 0.3) is 0 Å². The molecule has 1 fully saturated rings. The topological polar surface area (TPSA) is 57.6 Å². The van der Waals surface area contributed by atoms with Crippen molar-refractivity contribution in [2.75, 3.05) is 7.05 Å². The molecule has 2 rings (SSSR count). The second kappa shape index (κ2) is 4.36. The molecule has 1 aromatic carbocycles. The second-order valence-corrected chi connectivity index (χ2v) is 6.14. The summed E-state index contributed by atoms with van der Waals surface area (Å²) in [5.41, 5.74) is 0.357. The van der Waals surface area contributed by atoms with Gasteiger partial charge in [-0.25, -0.2) is 12.8 Å². The lowest BCUT2D eigenvalue weighted by molar-refractivity contribution is 0.281. The molecule has 0 bridgehead atoms. The summed E-state index contributed by atoms with van der Waals surface area (Å²) in [6.45, 7) is -0.310. The van der Waals surface area contributed by atoms with Gasteiger partial charge in [0.2, 0.25) is 10.0 Å². The van der Waals surface area contributed by atoms with Gasteiger partial charge in [-0.3, -0.25) is 0 Å². The normalized spacial score (nSPS) is 16.5. The van der Waals surface area contributed by atoms with Gasteiger partial charge in [0, 0.05) is 13.1 Å². The van der Waals surface area contributed by atoms with Gasteiger partial charge in [-0.05, 0) is 30.5 Å². The first-order valence-corrected chi connectivity index (χ1v) is 6.78. The van der Waals surface area contributed by atoms with E-state index in [0.29, 0.717) is 5.56 Å². The maximum atomic E-state index is 13.7. The van der Waals surface area contributed by atoms with Crippen molar-refractivity contribution >= 4 is 10.0 Å². The van der Waals surface area contributed by atoms with Crippen LogP contribution >= 0.6 is 0 Å². The number of benzene rings is 1. The number of aliphatic hydroxyl groups is 1. The maximum Gasteiger partial charge on any atom is 0.245 e. The van der Waals surface area contributed by atoms with E-state index in [1.165, 1.54) is 23.5 Å². The molecule has 1 aliphatic carbocycles. The van der Waals surface area contributed by atoms with Crippen LogP contribution in [0, 0.1) is 5.82 Å². The molecule has 0 heterocycles. The van der Waals surface area contributed by atoms with Gasteiger partial charge in [-0.15, -0.1) is 0 Å². The van der Waals surface area contributed by atoms with Gasteiger partial charge in [0.15, 0.2) is 0 Å². The lowest BCUT2D eigenvalue weighted by atomic mass is 10.2. The van der Waals surface area contributed by atoms with E-state index in [4.69, 9.17) is 5.11 Å². The number of hydrogen-bond donors (Lipinski definition) is 1. The molecule has 0 radical (unpaired) electrons. The summed E-state index contributed by atoms with van der Waals surface area (Å²) in [4.78, 5) is -0.330. The molecule has 1 N–H and O–H groups in total. The summed E-state index contributed by atoms with van der Waals surface area (Å²) in [5.74, 6) is -0.816. The van der Waals surface area contributed by atoms with Gasteiger partial charge in [-0.2, -0.15) is 4.31 Å². The van der Waals surface area contributed by atoms with Gasteiger partial charge in [0.25, 0.3) is 0 Å². The van der Waals surface area contributed by atoms with Crippen LogP contribution in [0.5, 0.6) is 0 Å². The average molecular weight is 259 g/mol. The molecule has 4 nitrogen and oxygen atoms in total. The zero-order valence-electron chi connectivity index (χ0n) is 9.43. The fourth-order valence-electron chi connectivity index (χ4n) is 1.64. The number of nitrogens with zero attached hydrogens (tertiary/aromatic N) is 1. The fourth-order valence-corrected chi connectivity index (χ4v) is 3.10. The van der Waals surface area contributed by atoms with Crippen molar-refractivity contribution in [2.45, 2.75) is 30.4 Å². The smallest absolute Gasteiger partial charge is 0.245 e. The summed E-state index contributed by atoms with van der Waals surface area (Å²) in [7, 11) is -2.29. The molecule has 0 saturated heterocycles. The van der Waals surface area contributed by atoms with Crippen molar-refractivity contribution in [2.24, 2.45) is 0 Å². The molecule has 17 heavy (non-hydrogen) atoms. The predicted octanol–water partition coefficient (Wildman–Crippen LogP) is 1.10.